The molecular weight excluding hydrogens is 362 g/mol. The number of esters is 1. The fourth-order valence-corrected chi connectivity index (χ4v) is 3.69. The summed E-state index contributed by atoms with van der Waals surface area (Å²) in [4.78, 5) is 30.1. The van der Waals surface area contributed by atoms with Crippen LogP contribution in [0, 0.1) is 0 Å². The summed E-state index contributed by atoms with van der Waals surface area (Å²) in [7, 11) is 2.85. The summed E-state index contributed by atoms with van der Waals surface area (Å²) in [5, 5.41) is 3.52. The molecule has 0 radical (unpaired) electrons. The van der Waals surface area contributed by atoms with Gasteiger partial charge in [0.25, 0.3) is 0 Å². The summed E-state index contributed by atoms with van der Waals surface area (Å²) in [5.41, 5.74) is 1.27. The molecule has 1 amide bonds. The molecule has 0 spiro atoms. The summed E-state index contributed by atoms with van der Waals surface area (Å²) in [6.07, 6.45) is 0.605. The molecule has 2 N–H and O–H groups in total. The van der Waals surface area contributed by atoms with Gasteiger partial charge in [0.15, 0.2) is 0 Å². The Labute approximate surface area is 164 Å². The van der Waals surface area contributed by atoms with Crippen molar-refractivity contribution >= 4 is 28.5 Å². The van der Waals surface area contributed by atoms with E-state index < -0.39 is 5.97 Å². The van der Waals surface area contributed by atoms with Crippen LogP contribution in [0.4, 0.5) is 5.69 Å². The van der Waals surface area contributed by atoms with E-state index in [0.717, 1.165) is 13.1 Å². The van der Waals surface area contributed by atoms with Crippen LogP contribution in [0.5, 0.6) is 5.75 Å². The number of rotatable bonds is 6. The fraction of sp³-hybridized carbons (Fsp3) is 0.500. The molecule has 8 nitrogen and oxygen atoms in total. The average molecular weight is 389 g/mol. The number of aromatic nitrogens is 1. The van der Waals surface area contributed by atoms with E-state index in [1.165, 1.54) is 7.11 Å². The SMILES string of the molecule is COC(=O)c1[nH]c2cccc(OC)c2c1NC(=O)CCN1CC(C)OC(C)C1. The number of amides is 1. The maximum absolute atomic E-state index is 12.6. The molecule has 1 aromatic carbocycles. The van der Waals surface area contributed by atoms with E-state index in [1.54, 1.807) is 13.2 Å². The van der Waals surface area contributed by atoms with Gasteiger partial charge in [-0.1, -0.05) is 6.07 Å². The van der Waals surface area contributed by atoms with Crippen LogP contribution >= 0.6 is 0 Å². The monoisotopic (exact) mass is 389 g/mol. The number of benzene rings is 1. The van der Waals surface area contributed by atoms with Crippen molar-refractivity contribution in [2.45, 2.75) is 32.5 Å². The summed E-state index contributed by atoms with van der Waals surface area (Å²) in [6, 6.07) is 5.41. The third kappa shape index (κ3) is 4.28. The van der Waals surface area contributed by atoms with Gasteiger partial charge in [0.05, 0.1) is 43.0 Å². The van der Waals surface area contributed by atoms with Crippen molar-refractivity contribution in [2.24, 2.45) is 0 Å². The average Bonchev–Trinajstić information content (AvgIpc) is 3.03. The zero-order valence-corrected chi connectivity index (χ0v) is 16.7. The first kappa shape index (κ1) is 20.2. The lowest BCUT2D eigenvalue weighted by atomic mass is 10.2. The largest absolute Gasteiger partial charge is 0.496 e. The van der Waals surface area contributed by atoms with Gasteiger partial charge in [-0.25, -0.2) is 4.79 Å². The second-order valence-electron chi connectivity index (χ2n) is 7.06. The van der Waals surface area contributed by atoms with Crippen LogP contribution in [0.1, 0.15) is 30.8 Å². The highest BCUT2D eigenvalue weighted by molar-refractivity contribution is 6.12. The lowest BCUT2D eigenvalue weighted by Gasteiger charge is -2.35. The first-order valence-corrected chi connectivity index (χ1v) is 9.37. The van der Waals surface area contributed by atoms with Crippen molar-refractivity contribution in [3.8, 4) is 5.75 Å². The topological polar surface area (TPSA) is 92.9 Å². The molecule has 8 heteroatoms. The van der Waals surface area contributed by atoms with Gasteiger partial charge in [-0.2, -0.15) is 0 Å². The Morgan fingerprint density at radius 2 is 1.96 bits per heavy atom. The number of H-pyrrole nitrogens is 1. The molecular formula is C20H27N3O5. The predicted molar refractivity (Wildman–Crippen MR) is 106 cm³/mol. The number of methoxy groups -OCH3 is 2. The normalized spacial score (nSPS) is 20.1. The maximum Gasteiger partial charge on any atom is 0.356 e. The molecule has 1 aromatic heterocycles. The summed E-state index contributed by atoms with van der Waals surface area (Å²) < 4.78 is 16.0. The Morgan fingerprint density at radius 3 is 2.61 bits per heavy atom. The van der Waals surface area contributed by atoms with Crippen LogP contribution in [-0.2, 0) is 14.3 Å². The highest BCUT2D eigenvalue weighted by Crippen LogP contribution is 2.35. The predicted octanol–water partition coefficient (Wildman–Crippen LogP) is 2.40. The Morgan fingerprint density at radius 1 is 1.25 bits per heavy atom. The van der Waals surface area contributed by atoms with Gasteiger partial charge in [0.2, 0.25) is 5.91 Å². The molecule has 1 saturated heterocycles. The Bertz CT molecular complexity index is 853. The molecule has 0 aliphatic carbocycles. The van der Waals surface area contributed by atoms with E-state index in [4.69, 9.17) is 14.2 Å². The molecule has 2 unspecified atom stereocenters. The molecule has 1 fully saturated rings. The lowest BCUT2D eigenvalue weighted by molar-refractivity contribution is -0.117. The third-order valence-corrected chi connectivity index (χ3v) is 4.81. The van der Waals surface area contributed by atoms with Crippen molar-refractivity contribution in [3.63, 3.8) is 0 Å². The lowest BCUT2D eigenvalue weighted by Crippen LogP contribution is -2.46. The number of nitrogens with zero attached hydrogens (tertiary/aromatic N) is 1. The van der Waals surface area contributed by atoms with Crippen molar-refractivity contribution in [1.29, 1.82) is 0 Å². The number of fused-ring (bicyclic) bond motifs is 1. The number of anilines is 1. The minimum absolute atomic E-state index is 0.149. The fourth-order valence-electron chi connectivity index (χ4n) is 3.69. The van der Waals surface area contributed by atoms with E-state index in [0.29, 0.717) is 35.3 Å². The van der Waals surface area contributed by atoms with E-state index in [-0.39, 0.29) is 23.8 Å². The van der Waals surface area contributed by atoms with Crippen LogP contribution in [0.2, 0.25) is 0 Å². The molecule has 1 aliphatic rings. The number of hydrogen-bond acceptors (Lipinski definition) is 6. The van der Waals surface area contributed by atoms with Gasteiger partial charge in [0.1, 0.15) is 11.4 Å². The van der Waals surface area contributed by atoms with Gasteiger partial charge < -0.3 is 24.5 Å². The van der Waals surface area contributed by atoms with Crippen LogP contribution in [0.15, 0.2) is 18.2 Å². The summed E-state index contributed by atoms with van der Waals surface area (Å²) >= 11 is 0. The molecule has 0 bridgehead atoms. The highest BCUT2D eigenvalue weighted by atomic mass is 16.5. The molecule has 28 heavy (non-hydrogen) atoms. The molecule has 0 saturated carbocycles. The number of ether oxygens (including phenoxy) is 3. The van der Waals surface area contributed by atoms with E-state index >= 15 is 0 Å². The van der Waals surface area contributed by atoms with Crippen molar-refractivity contribution in [3.05, 3.63) is 23.9 Å². The minimum atomic E-state index is -0.551. The highest BCUT2D eigenvalue weighted by Gasteiger charge is 2.25. The molecule has 1 aliphatic heterocycles. The number of carbonyl (C=O) groups excluding carboxylic acids is 2. The standard InChI is InChI=1S/C20H27N3O5/c1-12-10-23(11-13(2)28-12)9-8-16(24)22-18-17-14(6-5-7-15(17)26-3)21-19(18)20(25)27-4/h5-7,12-13,21H,8-11H2,1-4H3,(H,22,24). The number of carbonyl (C=O) groups is 2. The van der Waals surface area contributed by atoms with Gasteiger partial charge in [0, 0.05) is 26.1 Å². The van der Waals surface area contributed by atoms with Crippen LogP contribution in [0.25, 0.3) is 10.9 Å². The Hall–Kier alpha value is -2.58. The number of hydrogen-bond donors (Lipinski definition) is 2. The zero-order chi connectivity index (χ0) is 20.3. The van der Waals surface area contributed by atoms with E-state index in [9.17, 15) is 9.59 Å². The Balaban J connectivity index is 1.78. The van der Waals surface area contributed by atoms with Crippen molar-refractivity contribution in [1.82, 2.24) is 9.88 Å². The first-order valence-electron chi connectivity index (χ1n) is 9.37. The summed E-state index contributed by atoms with van der Waals surface area (Å²) in [6.45, 7) is 6.28. The molecule has 2 atom stereocenters. The third-order valence-electron chi connectivity index (χ3n) is 4.81. The van der Waals surface area contributed by atoms with Crippen molar-refractivity contribution < 1.29 is 23.8 Å². The second kappa shape index (κ2) is 8.62. The zero-order valence-electron chi connectivity index (χ0n) is 16.7. The van der Waals surface area contributed by atoms with Crippen LogP contribution in [0.3, 0.4) is 0 Å². The number of aromatic amines is 1. The van der Waals surface area contributed by atoms with Gasteiger partial charge in [-0.05, 0) is 26.0 Å². The van der Waals surface area contributed by atoms with Gasteiger partial charge >= 0.3 is 5.97 Å². The summed E-state index contributed by atoms with van der Waals surface area (Å²) in [5.74, 6) is -0.164. The molecule has 2 aromatic rings. The van der Waals surface area contributed by atoms with Gasteiger partial charge in [-0.15, -0.1) is 0 Å². The second-order valence-corrected chi connectivity index (χ2v) is 7.06. The minimum Gasteiger partial charge on any atom is -0.496 e. The van der Waals surface area contributed by atoms with Crippen molar-refractivity contribution in [2.75, 3.05) is 39.2 Å². The van der Waals surface area contributed by atoms with Gasteiger partial charge in [-0.3, -0.25) is 9.69 Å². The first-order chi connectivity index (χ1) is 13.4. The quantitative estimate of drug-likeness (QED) is 0.737. The van der Waals surface area contributed by atoms with Crippen LogP contribution < -0.4 is 10.1 Å². The molecule has 3 rings (SSSR count). The maximum atomic E-state index is 12.6. The molecule has 152 valence electrons. The molecule has 2 heterocycles. The Kier molecular flexibility index (Phi) is 6.21. The smallest absolute Gasteiger partial charge is 0.356 e. The number of morpholine rings is 1. The number of nitrogens with one attached hydrogen (secondary N) is 2. The van der Waals surface area contributed by atoms with Crippen LogP contribution in [-0.4, -0.2) is 67.8 Å². The van der Waals surface area contributed by atoms with E-state index in [1.807, 2.05) is 26.0 Å². The van der Waals surface area contributed by atoms with E-state index in [2.05, 4.69) is 15.2 Å².